The Balaban J connectivity index is 0.000000233. The molecule has 1 aromatic carbocycles. The van der Waals surface area contributed by atoms with Crippen LogP contribution in [-0.2, 0) is 24.9 Å². The Kier molecular flexibility index (Phi) is 11.0. The van der Waals surface area contributed by atoms with Crippen LogP contribution in [0.5, 0.6) is 0 Å². The van der Waals surface area contributed by atoms with Crippen LogP contribution < -0.4 is 0 Å². The molecule has 5 nitrogen and oxygen atoms in total. The Bertz CT molecular complexity index is 1580. The second-order valence-corrected chi connectivity index (χ2v) is 10.4. The van der Waals surface area contributed by atoms with Gasteiger partial charge in [-0.3, -0.25) is 9.78 Å². The predicted octanol–water partition coefficient (Wildman–Crippen LogP) is 9.23. The van der Waals surface area contributed by atoms with E-state index in [-0.39, 0.29) is 43.5 Å². The first-order valence-corrected chi connectivity index (χ1v) is 14.3. The monoisotopic (exact) mass is 720 g/mol. The topological polar surface area (TPSA) is 76.2 Å². The quantitative estimate of drug-likeness (QED) is 0.0984. The normalized spacial score (nSPS) is 11.7. The van der Waals surface area contributed by atoms with Gasteiger partial charge in [0.15, 0.2) is 5.78 Å². The van der Waals surface area contributed by atoms with Crippen molar-refractivity contribution in [3.63, 3.8) is 0 Å². The molecule has 1 N–H and O–H groups in total. The van der Waals surface area contributed by atoms with E-state index >= 15 is 0 Å². The van der Waals surface area contributed by atoms with Gasteiger partial charge in [-0.2, -0.15) is 0 Å². The molecular formula is C32H35IrN2O3S-. The number of aliphatic hydroxyl groups is 1. The van der Waals surface area contributed by atoms with Crippen LogP contribution in [0, 0.1) is 24.8 Å². The van der Waals surface area contributed by atoms with Crippen molar-refractivity contribution in [2.45, 2.75) is 60.3 Å². The Morgan fingerprint density at radius 2 is 1.69 bits per heavy atom. The number of rotatable bonds is 8. The number of aryl methyl sites for hydroxylation is 1. The Morgan fingerprint density at radius 1 is 0.974 bits per heavy atom. The van der Waals surface area contributed by atoms with Crippen molar-refractivity contribution >= 4 is 49.4 Å². The van der Waals surface area contributed by atoms with Crippen molar-refractivity contribution in [2.24, 2.45) is 11.8 Å². The SMILES string of the molecule is CCC(CC)C(=O)/C=C(\O)C(CC)CC.Cc1ccc2c(n1)oc1c(-c3ccc4ccsc4n3)[c-]ccc12.[Ir]. The maximum absolute atomic E-state index is 11.7. The number of nitrogens with zero attached hydrogens (tertiary/aromatic N) is 2. The molecule has 0 fully saturated rings. The largest absolute Gasteiger partial charge is 0.512 e. The summed E-state index contributed by atoms with van der Waals surface area (Å²) in [6.07, 6.45) is 4.91. The van der Waals surface area contributed by atoms with E-state index in [9.17, 15) is 9.90 Å². The number of pyridine rings is 2. The fourth-order valence-corrected chi connectivity index (χ4v) is 5.43. The molecule has 0 saturated carbocycles. The maximum atomic E-state index is 11.7. The van der Waals surface area contributed by atoms with Crippen LogP contribution in [0.15, 0.2) is 64.1 Å². The Morgan fingerprint density at radius 3 is 2.38 bits per heavy atom. The van der Waals surface area contributed by atoms with E-state index in [1.807, 2.05) is 58.9 Å². The number of ketones is 1. The molecule has 0 aliphatic carbocycles. The molecule has 5 aromatic rings. The van der Waals surface area contributed by atoms with E-state index in [0.717, 1.165) is 69.2 Å². The number of furan rings is 1. The molecule has 0 bridgehead atoms. The number of hydrogen-bond acceptors (Lipinski definition) is 6. The first-order chi connectivity index (χ1) is 18.4. The smallest absolute Gasteiger partial charge is 0.216 e. The third-order valence-electron chi connectivity index (χ3n) is 7.09. The zero-order valence-electron chi connectivity index (χ0n) is 23.1. The molecule has 0 unspecified atom stereocenters. The molecular weight excluding hydrogens is 685 g/mol. The molecule has 4 heterocycles. The molecule has 7 heteroatoms. The number of fused-ring (bicyclic) bond motifs is 4. The first-order valence-electron chi connectivity index (χ1n) is 13.4. The number of aromatic nitrogens is 2. The number of allylic oxidation sites excluding steroid dienone is 2. The summed E-state index contributed by atoms with van der Waals surface area (Å²) in [6, 6.07) is 17.5. The van der Waals surface area contributed by atoms with Crippen LogP contribution in [0.4, 0.5) is 0 Å². The Labute approximate surface area is 247 Å². The van der Waals surface area contributed by atoms with Crippen LogP contribution in [0.1, 0.15) is 59.1 Å². The van der Waals surface area contributed by atoms with Gasteiger partial charge in [0.05, 0.1) is 11.3 Å². The number of thiophene rings is 1. The summed E-state index contributed by atoms with van der Waals surface area (Å²) in [5.74, 6) is 0.547. The van der Waals surface area contributed by atoms with Crippen molar-refractivity contribution in [1.29, 1.82) is 0 Å². The molecule has 0 atom stereocenters. The summed E-state index contributed by atoms with van der Waals surface area (Å²) in [4.78, 5) is 22.0. The summed E-state index contributed by atoms with van der Waals surface area (Å²) < 4.78 is 6.03. The van der Waals surface area contributed by atoms with Crippen molar-refractivity contribution in [1.82, 2.24) is 9.97 Å². The van der Waals surface area contributed by atoms with Gasteiger partial charge in [-0.15, -0.1) is 29.5 Å². The van der Waals surface area contributed by atoms with Gasteiger partial charge in [0, 0.05) is 54.5 Å². The van der Waals surface area contributed by atoms with Gasteiger partial charge in [0.2, 0.25) is 5.71 Å². The molecule has 0 spiro atoms. The van der Waals surface area contributed by atoms with Crippen LogP contribution in [0.25, 0.3) is 43.5 Å². The van der Waals surface area contributed by atoms with Crippen molar-refractivity contribution in [3.8, 4) is 11.3 Å². The molecule has 207 valence electrons. The van der Waals surface area contributed by atoms with Crippen molar-refractivity contribution < 1.29 is 34.4 Å². The molecule has 4 aromatic heterocycles. The number of hydrogen-bond donors (Lipinski definition) is 1. The second kappa shape index (κ2) is 14.0. The number of carbonyl (C=O) groups is 1. The van der Waals surface area contributed by atoms with Gasteiger partial charge in [0.1, 0.15) is 4.83 Å². The van der Waals surface area contributed by atoms with Crippen LogP contribution >= 0.6 is 11.3 Å². The number of benzene rings is 1. The molecule has 39 heavy (non-hydrogen) atoms. The summed E-state index contributed by atoms with van der Waals surface area (Å²) >= 11 is 1.64. The van der Waals surface area contributed by atoms with E-state index in [4.69, 9.17) is 9.40 Å². The first kappa shape index (κ1) is 30.7. The summed E-state index contributed by atoms with van der Waals surface area (Å²) in [6.45, 7) is 10.0. The van der Waals surface area contributed by atoms with Gasteiger partial charge in [0.25, 0.3) is 0 Å². The van der Waals surface area contributed by atoms with Gasteiger partial charge < -0.3 is 9.52 Å². The van der Waals surface area contributed by atoms with Crippen LogP contribution in [-0.4, -0.2) is 20.9 Å². The minimum absolute atomic E-state index is 0. The molecule has 0 saturated heterocycles. The third-order valence-corrected chi connectivity index (χ3v) is 7.92. The van der Waals surface area contributed by atoms with Gasteiger partial charge >= 0.3 is 0 Å². The summed E-state index contributed by atoms with van der Waals surface area (Å²) in [5.41, 5.74) is 4.16. The fraction of sp³-hybridized carbons (Fsp3) is 0.344. The number of carbonyl (C=O) groups excluding carboxylic acids is 1. The van der Waals surface area contributed by atoms with E-state index < -0.39 is 0 Å². The average molecular weight is 720 g/mol. The molecule has 0 aliphatic heterocycles. The Hall–Kier alpha value is -2.86. The van der Waals surface area contributed by atoms with Crippen LogP contribution in [0.3, 0.4) is 0 Å². The maximum Gasteiger partial charge on any atom is 0.216 e. The molecule has 1 radical (unpaired) electrons. The predicted molar refractivity (Wildman–Crippen MR) is 158 cm³/mol. The molecule has 5 rings (SSSR count). The van der Waals surface area contributed by atoms with Crippen molar-refractivity contribution in [2.75, 3.05) is 0 Å². The van der Waals surface area contributed by atoms with E-state index in [0.29, 0.717) is 5.71 Å². The van der Waals surface area contributed by atoms with Gasteiger partial charge in [-0.1, -0.05) is 50.8 Å². The number of aliphatic hydroxyl groups excluding tert-OH is 1. The van der Waals surface area contributed by atoms with E-state index in [1.165, 1.54) is 6.08 Å². The zero-order chi connectivity index (χ0) is 27.2. The average Bonchev–Trinajstić information content (AvgIpc) is 3.54. The second-order valence-electron chi connectivity index (χ2n) is 9.51. The van der Waals surface area contributed by atoms with Gasteiger partial charge in [-0.05, 0) is 61.9 Å². The zero-order valence-corrected chi connectivity index (χ0v) is 26.3. The summed E-state index contributed by atoms with van der Waals surface area (Å²) in [5, 5.41) is 15.1. The minimum atomic E-state index is 0. The third kappa shape index (κ3) is 6.84. The molecule has 0 aliphatic rings. The van der Waals surface area contributed by atoms with Crippen LogP contribution in [0.2, 0.25) is 0 Å². The standard InChI is InChI=1S/C19H11N2OS.C13H24O2.Ir/c1-11-5-7-14-13-3-2-4-15(17(13)22-18(14)20-11)16-8-6-12-9-10-23-19(12)21-16;1-5-10(6-2)12(14)9-13(15)11(7-3)8-4;/h2-3,5-10H,1H3;9-11,14H,5-8H2,1-4H3;/q-1;;/b;12-9-;. The van der Waals surface area contributed by atoms with Gasteiger partial charge in [-0.25, -0.2) is 4.98 Å². The van der Waals surface area contributed by atoms with Crippen molar-refractivity contribution in [3.05, 3.63) is 71.4 Å². The summed E-state index contributed by atoms with van der Waals surface area (Å²) in [7, 11) is 0. The minimum Gasteiger partial charge on any atom is -0.512 e. The molecule has 0 amide bonds. The van der Waals surface area contributed by atoms with E-state index in [1.54, 1.807) is 11.3 Å². The van der Waals surface area contributed by atoms with E-state index in [2.05, 4.69) is 34.6 Å². The fourth-order valence-electron chi connectivity index (χ4n) is 4.67.